The van der Waals surface area contributed by atoms with E-state index in [1.54, 1.807) is 0 Å². The average Bonchev–Trinajstić information content (AvgIpc) is 2.59. The second-order valence-electron chi connectivity index (χ2n) is 5.24. The van der Waals surface area contributed by atoms with Crippen LogP contribution in [0.15, 0.2) is 71.1 Å². The van der Waals surface area contributed by atoms with Crippen molar-refractivity contribution in [2.45, 2.75) is 19.4 Å². The van der Waals surface area contributed by atoms with Gasteiger partial charge >= 0.3 is 17.9 Å². The predicted octanol–water partition coefficient (Wildman–Crippen LogP) is 0.628. The fourth-order valence-electron chi connectivity index (χ4n) is 1.77. The zero-order chi connectivity index (χ0) is 21.1. The van der Waals surface area contributed by atoms with Gasteiger partial charge in [0.05, 0.1) is 28.1 Å². The number of allylic oxidation sites excluding steroid dienone is 1. The highest BCUT2D eigenvalue weighted by atomic mass is 16.4. The van der Waals surface area contributed by atoms with Crippen molar-refractivity contribution in [2.75, 3.05) is 0 Å². The van der Waals surface area contributed by atoms with Crippen LogP contribution in [0.3, 0.4) is 0 Å². The van der Waals surface area contributed by atoms with E-state index in [9.17, 15) is 19.5 Å². The third-order valence-electron chi connectivity index (χ3n) is 3.23. The maximum atomic E-state index is 11.3. The second-order valence-corrected chi connectivity index (χ2v) is 5.24. The molecule has 1 unspecified atom stereocenters. The SMILES string of the molecule is C=C/C(=C\C(N)C\C=C(/C=C(N)/C(N)=C/C(=C\C)C(=O)O)C(=O)O)C(=O)O. The number of rotatable bonds is 10. The normalized spacial score (nSPS) is 15.3. The van der Waals surface area contributed by atoms with E-state index in [0.29, 0.717) is 0 Å². The van der Waals surface area contributed by atoms with Crippen LogP contribution in [-0.4, -0.2) is 39.3 Å². The lowest BCUT2D eigenvalue weighted by atomic mass is 10.1. The summed E-state index contributed by atoms with van der Waals surface area (Å²) in [5, 5.41) is 27.1. The molecule has 0 bridgehead atoms. The topological polar surface area (TPSA) is 190 Å². The average molecular weight is 377 g/mol. The first-order chi connectivity index (χ1) is 12.5. The molecule has 27 heavy (non-hydrogen) atoms. The number of nitrogens with two attached hydrogens (primary N) is 3. The number of hydrogen-bond acceptors (Lipinski definition) is 6. The number of hydrogen-bond donors (Lipinski definition) is 6. The number of aliphatic carboxylic acids is 3. The summed E-state index contributed by atoms with van der Waals surface area (Å²) < 4.78 is 0. The van der Waals surface area contributed by atoms with Crippen LogP contribution in [0.25, 0.3) is 0 Å². The van der Waals surface area contributed by atoms with Gasteiger partial charge < -0.3 is 32.5 Å². The third-order valence-corrected chi connectivity index (χ3v) is 3.23. The van der Waals surface area contributed by atoms with Crippen molar-refractivity contribution in [3.05, 3.63) is 71.1 Å². The van der Waals surface area contributed by atoms with E-state index in [-0.39, 0.29) is 34.5 Å². The smallest absolute Gasteiger partial charge is 0.335 e. The Morgan fingerprint density at radius 2 is 1.37 bits per heavy atom. The molecule has 146 valence electrons. The Balaban J connectivity index is 5.58. The molecule has 0 saturated carbocycles. The zero-order valence-electron chi connectivity index (χ0n) is 14.8. The molecule has 9 N–H and O–H groups in total. The highest BCUT2D eigenvalue weighted by Gasteiger charge is 2.10. The van der Waals surface area contributed by atoms with E-state index in [1.165, 1.54) is 25.2 Å². The van der Waals surface area contributed by atoms with Crippen molar-refractivity contribution in [3.63, 3.8) is 0 Å². The second kappa shape index (κ2) is 11.1. The van der Waals surface area contributed by atoms with Gasteiger partial charge in [-0.25, -0.2) is 14.4 Å². The molecule has 0 heterocycles. The van der Waals surface area contributed by atoms with Crippen molar-refractivity contribution in [3.8, 4) is 0 Å². The van der Waals surface area contributed by atoms with Gasteiger partial charge in [0.1, 0.15) is 0 Å². The molecule has 0 fully saturated rings. The minimum Gasteiger partial charge on any atom is -0.478 e. The van der Waals surface area contributed by atoms with Gasteiger partial charge in [0.15, 0.2) is 0 Å². The van der Waals surface area contributed by atoms with Crippen LogP contribution in [0.2, 0.25) is 0 Å². The minimum atomic E-state index is -1.31. The highest BCUT2D eigenvalue weighted by Crippen LogP contribution is 2.10. The van der Waals surface area contributed by atoms with Crippen molar-refractivity contribution < 1.29 is 29.7 Å². The minimum absolute atomic E-state index is 0.00882. The lowest BCUT2D eigenvalue weighted by molar-refractivity contribution is -0.133. The van der Waals surface area contributed by atoms with Crippen molar-refractivity contribution in [1.82, 2.24) is 0 Å². The summed E-state index contributed by atoms with van der Waals surface area (Å²) in [6.07, 6.45) is 7.08. The Kier molecular flexibility index (Phi) is 9.63. The summed E-state index contributed by atoms with van der Waals surface area (Å²) in [6.45, 7) is 4.85. The zero-order valence-corrected chi connectivity index (χ0v) is 14.8. The Hall–Kier alpha value is -3.59. The van der Waals surface area contributed by atoms with Crippen LogP contribution in [0.1, 0.15) is 13.3 Å². The summed E-state index contributed by atoms with van der Waals surface area (Å²) in [5.41, 5.74) is 16.4. The fourth-order valence-corrected chi connectivity index (χ4v) is 1.77. The van der Waals surface area contributed by atoms with E-state index >= 15 is 0 Å². The maximum absolute atomic E-state index is 11.3. The quantitative estimate of drug-likeness (QED) is 0.234. The lowest BCUT2D eigenvalue weighted by Gasteiger charge is -2.06. The van der Waals surface area contributed by atoms with E-state index in [0.717, 1.165) is 18.2 Å². The van der Waals surface area contributed by atoms with Crippen LogP contribution in [0.4, 0.5) is 0 Å². The summed E-state index contributed by atoms with van der Waals surface area (Å²) in [7, 11) is 0. The van der Waals surface area contributed by atoms with E-state index in [1.807, 2.05) is 0 Å². The third kappa shape index (κ3) is 8.36. The molecule has 0 saturated heterocycles. The molecular weight excluding hydrogens is 354 g/mol. The van der Waals surface area contributed by atoms with Gasteiger partial charge in [-0.2, -0.15) is 0 Å². The first kappa shape index (κ1) is 23.4. The Morgan fingerprint density at radius 1 is 0.926 bits per heavy atom. The van der Waals surface area contributed by atoms with Gasteiger partial charge in [0.25, 0.3) is 0 Å². The largest absolute Gasteiger partial charge is 0.478 e. The van der Waals surface area contributed by atoms with Crippen LogP contribution in [-0.2, 0) is 14.4 Å². The van der Waals surface area contributed by atoms with Crippen LogP contribution < -0.4 is 17.2 Å². The molecule has 0 aliphatic heterocycles. The number of carboxylic acid groups (broad SMARTS) is 3. The summed E-state index contributed by atoms with van der Waals surface area (Å²) >= 11 is 0. The predicted molar refractivity (Wildman–Crippen MR) is 100 cm³/mol. The number of carbonyl (C=O) groups is 3. The molecule has 0 aromatic carbocycles. The summed E-state index contributed by atoms with van der Waals surface area (Å²) in [4.78, 5) is 33.2. The molecule has 0 aromatic heterocycles. The van der Waals surface area contributed by atoms with Gasteiger partial charge in [-0.1, -0.05) is 30.9 Å². The first-order valence-corrected chi connectivity index (χ1v) is 7.64. The molecule has 0 aromatic rings. The molecule has 1 atom stereocenters. The number of carboxylic acids is 3. The molecule has 0 spiro atoms. The van der Waals surface area contributed by atoms with Crippen LogP contribution in [0, 0.1) is 0 Å². The fraction of sp³-hybridized carbons (Fsp3) is 0.167. The first-order valence-electron chi connectivity index (χ1n) is 7.64. The Bertz CT molecular complexity index is 772. The standard InChI is InChI=1S/C18H23N3O6/c1-3-10(16(22)23)7-13(19)6-5-12(18(26)27)9-15(21)14(20)8-11(4-2)17(24)25/h3-5,7-9,13H,1,6,19-21H2,2H3,(H,22,23)(H,24,25)(H,26,27)/b10-7+,11-4+,12-5+,14-8-,15-9-. The van der Waals surface area contributed by atoms with E-state index in [2.05, 4.69) is 6.58 Å². The molecule has 0 radical (unpaired) electrons. The van der Waals surface area contributed by atoms with Gasteiger partial charge in [0.2, 0.25) is 0 Å². The van der Waals surface area contributed by atoms with Crippen LogP contribution in [0.5, 0.6) is 0 Å². The van der Waals surface area contributed by atoms with E-state index < -0.39 is 23.9 Å². The monoisotopic (exact) mass is 377 g/mol. The van der Waals surface area contributed by atoms with Crippen molar-refractivity contribution in [2.24, 2.45) is 17.2 Å². The van der Waals surface area contributed by atoms with Gasteiger partial charge in [-0.3, -0.25) is 0 Å². The Morgan fingerprint density at radius 3 is 1.74 bits per heavy atom. The van der Waals surface area contributed by atoms with Crippen molar-refractivity contribution in [1.29, 1.82) is 0 Å². The van der Waals surface area contributed by atoms with E-state index in [4.69, 9.17) is 27.4 Å². The highest BCUT2D eigenvalue weighted by molar-refractivity contribution is 5.91. The molecule has 0 aliphatic rings. The molecular formula is C18H23N3O6. The summed E-state index contributed by atoms with van der Waals surface area (Å²) in [6, 6.07) is -0.771. The molecule has 0 amide bonds. The summed E-state index contributed by atoms with van der Waals surface area (Å²) in [5.74, 6) is -3.73. The van der Waals surface area contributed by atoms with Gasteiger partial charge in [-0.05, 0) is 25.5 Å². The molecule has 0 aliphatic carbocycles. The van der Waals surface area contributed by atoms with Gasteiger partial charge in [-0.15, -0.1) is 0 Å². The lowest BCUT2D eigenvalue weighted by Crippen LogP contribution is -2.18. The maximum Gasteiger partial charge on any atom is 0.335 e. The molecule has 9 nitrogen and oxygen atoms in total. The van der Waals surface area contributed by atoms with Crippen LogP contribution >= 0.6 is 0 Å². The molecule has 9 heteroatoms. The van der Waals surface area contributed by atoms with Gasteiger partial charge in [0, 0.05) is 6.04 Å². The molecule has 0 rings (SSSR count). The van der Waals surface area contributed by atoms with Crippen molar-refractivity contribution >= 4 is 17.9 Å². The Labute approximate surface area is 156 Å².